The van der Waals surface area contributed by atoms with Crippen molar-refractivity contribution in [2.45, 2.75) is 42.9 Å². The zero-order chi connectivity index (χ0) is 20.7. The highest BCUT2D eigenvalue weighted by atomic mass is 32.2. The second-order valence-electron chi connectivity index (χ2n) is 8.46. The van der Waals surface area contributed by atoms with Crippen LogP contribution in [-0.4, -0.2) is 82.6 Å². The van der Waals surface area contributed by atoms with Crippen LogP contribution in [0.25, 0.3) is 0 Å². The molecule has 3 fully saturated rings. The van der Waals surface area contributed by atoms with Crippen LogP contribution in [-0.2, 0) is 6.18 Å². The Hall–Kier alpha value is -1.26. The molecule has 2 heterocycles. The minimum Gasteiger partial charge on any atom is -0.369 e. The standard InChI is InChI=1S/C19H29F3N6S/c1-27-6-8-28(9-7-27)18-12-17(18,13-18)26-16-24-11-14(19(20,21)22)15(25-16)23-5-3-4-10-29-2/h11H,3-10,12-13H2,1-2H3,(H2,23,24,25,26). The van der Waals surface area contributed by atoms with Gasteiger partial charge in [0.1, 0.15) is 11.4 Å². The smallest absolute Gasteiger partial charge is 0.369 e. The number of halogens is 3. The average molecular weight is 431 g/mol. The summed E-state index contributed by atoms with van der Waals surface area (Å²) in [5.41, 5.74) is -0.702. The van der Waals surface area contributed by atoms with Gasteiger partial charge in [-0.1, -0.05) is 0 Å². The summed E-state index contributed by atoms with van der Waals surface area (Å²) in [4.78, 5) is 13.0. The molecule has 3 aliphatic rings. The van der Waals surface area contributed by atoms with E-state index in [1.54, 1.807) is 11.8 Å². The van der Waals surface area contributed by atoms with Gasteiger partial charge in [0.2, 0.25) is 5.95 Å². The van der Waals surface area contributed by atoms with Gasteiger partial charge in [-0.25, -0.2) is 4.98 Å². The van der Waals surface area contributed by atoms with Gasteiger partial charge in [0, 0.05) is 44.5 Å². The third-order valence-corrected chi connectivity index (χ3v) is 7.15. The van der Waals surface area contributed by atoms with E-state index in [1.807, 2.05) is 6.26 Å². The van der Waals surface area contributed by atoms with E-state index in [-0.39, 0.29) is 22.8 Å². The molecule has 2 N–H and O–H groups in total. The number of fused-ring (bicyclic) bond motifs is 1. The predicted molar refractivity (Wildman–Crippen MR) is 111 cm³/mol. The van der Waals surface area contributed by atoms with Crippen LogP contribution in [0.2, 0.25) is 0 Å². The first-order valence-corrected chi connectivity index (χ1v) is 11.6. The first kappa shape index (κ1) is 21.0. The molecule has 0 aromatic carbocycles. The SMILES string of the molecule is CSCCCCNc1nc(NC23CC2(N2CCN(C)CC2)C3)ncc1C(F)(F)F. The average Bonchev–Trinajstić information content (AvgIpc) is 3.48. The summed E-state index contributed by atoms with van der Waals surface area (Å²) in [6, 6.07) is 0. The molecule has 0 radical (unpaired) electrons. The summed E-state index contributed by atoms with van der Waals surface area (Å²) >= 11 is 1.74. The molecule has 0 amide bonds. The number of nitrogens with one attached hydrogen (secondary N) is 2. The van der Waals surface area contributed by atoms with Crippen LogP contribution in [0.3, 0.4) is 0 Å². The number of hydrogen-bond donors (Lipinski definition) is 2. The van der Waals surface area contributed by atoms with Crippen molar-refractivity contribution < 1.29 is 13.2 Å². The molecule has 29 heavy (non-hydrogen) atoms. The fourth-order valence-electron chi connectivity index (χ4n) is 4.40. The lowest BCUT2D eigenvalue weighted by molar-refractivity contribution is -0.137. The molecule has 0 bridgehead atoms. The normalized spacial score (nSPS) is 29.4. The van der Waals surface area contributed by atoms with E-state index in [0.717, 1.165) is 63.8 Å². The Morgan fingerprint density at radius 2 is 1.90 bits per heavy atom. The molecule has 10 heteroatoms. The fourth-order valence-corrected chi connectivity index (χ4v) is 4.89. The lowest BCUT2D eigenvalue weighted by Crippen LogP contribution is -2.47. The zero-order valence-electron chi connectivity index (χ0n) is 17.0. The summed E-state index contributed by atoms with van der Waals surface area (Å²) in [5.74, 6) is 1.17. The highest BCUT2D eigenvalue weighted by Crippen LogP contribution is 2.75. The van der Waals surface area contributed by atoms with E-state index in [0.29, 0.717) is 6.54 Å². The largest absolute Gasteiger partial charge is 0.421 e. The number of thioether (sulfide) groups is 1. The van der Waals surface area contributed by atoms with Gasteiger partial charge in [-0.3, -0.25) is 4.90 Å². The van der Waals surface area contributed by atoms with Crippen molar-refractivity contribution in [3.05, 3.63) is 11.8 Å². The summed E-state index contributed by atoms with van der Waals surface area (Å²) in [6.45, 7) is 4.65. The molecule has 162 valence electrons. The van der Waals surface area contributed by atoms with Crippen LogP contribution in [0.15, 0.2) is 6.20 Å². The van der Waals surface area contributed by atoms with Crippen LogP contribution < -0.4 is 10.6 Å². The number of hydrogen-bond acceptors (Lipinski definition) is 7. The highest BCUT2D eigenvalue weighted by molar-refractivity contribution is 7.98. The minimum absolute atomic E-state index is 0.0573. The number of alkyl halides is 3. The van der Waals surface area contributed by atoms with Crippen LogP contribution >= 0.6 is 11.8 Å². The van der Waals surface area contributed by atoms with Crippen molar-refractivity contribution in [2.24, 2.45) is 0 Å². The molecule has 1 aliphatic heterocycles. The zero-order valence-corrected chi connectivity index (χ0v) is 17.8. The Bertz CT molecular complexity index is 729. The Kier molecular flexibility index (Phi) is 5.63. The van der Waals surface area contributed by atoms with E-state index < -0.39 is 11.7 Å². The molecule has 0 unspecified atom stereocenters. The third-order valence-electron chi connectivity index (χ3n) is 6.45. The summed E-state index contributed by atoms with van der Waals surface area (Å²) in [6.07, 6.45) is 2.26. The Morgan fingerprint density at radius 1 is 1.17 bits per heavy atom. The van der Waals surface area contributed by atoms with Crippen molar-refractivity contribution in [3.63, 3.8) is 0 Å². The fraction of sp³-hybridized carbons (Fsp3) is 0.789. The number of anilines is 2. The maximum absolute atomic E-state index is 13.3. The summed E-state index contributed by atoms with van der Waals surface area (Å²) < 4.78 is 40.0. The Balaban J connectivity index is 1.40. The Labute approximate surface area is 174 Å². The van der Waals surface area contributed by atoms with E-state index in [2.05, 4.69) is 37.4 Å². The van der Waals surface area contributed by atoms with Crippen LogP contribution in [0, 0.1) is 0 Å². The van der Waals surface area contributed by atoms with E-state index in [1.165, 1.54) is 0 Å². The van der Waals surface area contributed by atoms with E-state index >= 15 is 0 Å². The van der Waals surface area contributed by atoms with Gasteiger partial charge >= 0.3 is 6.18 Å². The molecular weight excluding hydrogens is 401 g/mol. The van der Waals surface area contributed by atoms with Crippen LogP contribution in [0.4, 0.5) is 24.9 Å². The highest BCUT2D eigenvalue weighted by Gasteiger charge is 2.86. The lowest BCUT2D eigenvalue weighted by Gasteiger charge is -2.34. The van der Waals surface area contributed by atoms with E-state index in [4.69, 9.17) is 0 Å². The number of unbranched alkanes of at least 4 members (excludes halogenated alkanes) is 1. The number of piperazine rings is 1. The van der Waals surface area contributed by atoms with Crippen molar-refractivity contribution in [1.82, 2.24) is 19.8 Å². The van der Waals surface area contributed by atoms with Gasteiger partial charge in [0.05, 0.1) is 5.54 Å². The first-order valence-electron chi connectivity index (χ1n) is 10.2. The molecule has 2 saturated carbocycles. The van der Waals surface area contributed by atoms with Gasteiger partial charge in [0.15, 0.2) is 0 Å². The molecule has 0 atom stereocenters. The van der Waals surface area contributed by atoms with Crippen LogP contribution in [0.1, 0.15) is 31.2 Å². The number of rotatable bonds is 9. The van der Waals surface area contributed by atoms with Crippen molar-refractivity contribution >= 4 is 23.5 Å². The topological polar surface area (TPSA) is 56.3 Å². The molecule has 6 nitrogen and oxygen atoms in total. The summed E-state index contributed by atoms with van der Waals surface area (Å²) in [5, 5.41) is 6.24. The second-order valence-corrected chi connectivity index (χ2v) is 9.45. The van der Waals surface area contributed by atoms with Crippen molar-refractivity contribution in [2.75, 3.05) is 62.4 Å². The van der Waals surface area contributed by atoms with Gasteiger partial charge in [-0.05, 0) is 44.7 Å². The quantitative estimate of drug-likeness (QED) is 0.584. The lowest BCUT2D eigenvalue weighted by atomic mass is 10.2. The van der Waals surface area contributed by atoms with E-state index in [9.17, 15) is 13.2 Å². The molecule has 2 aliphatic carbocycles. The minimum atomic E-state index is -4.47. The number of aromatic nitrogens is 2. The van der Waals surface area contributed by atoms with Gasteiger partial charge in [0.25, 0.3) is 0 Å². The summed E-state index contributed by atoms with van der Waals surface area (Å²) in [7, 11) is 2.13. The maximum atomic E-state index is 13.3. The second kappa shape index (κ2) is 7.77. The first-order chi connectivity index (χ1) is 13.8. The van der Waals surface area contributed by atoms with Crippen LogP contribution in [0.5, 0.6) is 0 Å². The Morgan fingerprint density at radius 3 is 2.55 bits per heavy atom. The predicted octanol–water partition coefficient (Wildman–Crippen LogP) is 2.99. The molecule has 4 rings (SSSR count). The van der Waals surface area contributed by atoms with Crippen molar-refractivity contribution in [3.8, 4) is 0 Å². The molecular formula is C19H29F3N6S. The van der Waals surface area contributed by atoms with Gasteiger partial charge in [-0.2, -0.15) is 29.9 Å². The van der Waals surface area contributed by atoms with Gasteiger partial charge < -0.3 is 15.5 Å². The molecule has 1 aromatic rings. The number of likely N-dealkylation sites (N-methyl/N-ethyl adjacent to an activating group) is 1. The third kappa shape index (κ3) is 4.16. The molecule has 0 spiro atoms. The van der Waals surface area contributed by atoms with Crippen molar-refractivity contribution in [1.29, 1.82) is 0 Å². The molecule has 1 saturated heterocycles. The monoisotopic (exact) mass is 430 g/mol. The maximum Gasteiger partial charge on any atom is 0.421 e. The number of nitrogens with zero attached hydrogens (tertiary/aromatic N) is 4. The molecule has 1 aromatic heterocycles. The van der Waals surface area contributed by atoms with Gasteiger partial charge in [-0.15, -0.1) is 0 Å².